The van der Waals surface area contributed by atoms with Crippen LogP contribution >= 0.6 is 27.5 Å². The Balaban J connectivity index is 2.44. The lowest BCUT2D eigenvalue weighted by molar-refractivity contribution is 0.101. The van der Waals surface area contributed by atoms with Crippen LogP contribution < -0.4 is 4.74 Å². The van der Waals surface area contributed by atoms with Crippen molar-refractivity contribution < 1.29 is 9.53 Å². The molecule has 2 aromatic rings. The predicted octanol–water partition coefficient (Wildman–Crippen LogP) is 5.71. The summed E-state index contributed by atoms with van der Waals surface area (Å²) in [6, 6.07) is 9.08. The maximum absolute atomic E-state index is 11.6. The Morgan fingerprint density at radius 1 is 1.15 bits per heavy atom. The normalized spacial score (nSPS) is 10.4. The number of ketones is 1. The zero-order chi connectivity index (χ0) is 14.9. The third-order valence-corrected chi connectivity index (χ3v) is 4.05. The summed E-state index contributed by atoms with van der Waals surface area (Å²) >= 11 is 9.53. The topological polar surface area (TPSA) is 26.3 Å². The van der Waals surface area contributed by atoms with Gasteiger partial charge in [-0.25, -0.2) is 0 Å². The molecule has 0 aliphatic rings. The molecule has 2 rings (SSSR count). The predicted molar refractivity (Wildman–Crippen MR) is 85.1 cm³/mol. The number of aryl methyl sites for hydroxylation is 2. The highest BCUT2D eigenvalue weighted by atomic mass is 79.9. The van der Waals surface area contributed by atoms with Gasteiger partial charge in [0.1, 0.15) is 11.5 Å². The van der Waals surface area contributed by atoms with Crippen LogP contribution in [0.2, 0.25) is 5.02 Å². The van der Waals surface area contributed by atoms with Crippen LogP contribution in [-0.4, -0.2) is 5.78 Å². The van der Waals surface area contributed by atoms with Gasteiger partial charge in [0, 0.05) is 9.50 Å². The molecule has 0 atom stereocenters. The largest absolute Gasteiger partial charge is 0.457 e. The van der Waals surface area contributed by atoms with Crippen LogP contribution in [0.3, 0.4) is 0 Å². The average molecular weight is 354 g/mol. The molecule has 0 N–H and O–H groups in total. The standard InChI is InChI=1S/C16H14BrClO2/c1-9-6-13(7-10(2)16(9)18)20-15-8-12(17)4-5-14(15)11(3)19/h4-8H,1-3H3. The summed E-state index contributed by atoms with van der Waals surface area (Å²) in [5, 5.41) is 0.735. The van der Waals surface area contributed by atoms with E-state index >= 15 is 0 Å². The van der Waals surface area contributed by atoms with E-state index in [2.05, 4.69) is 15.9 Å². The van der Waals surface area contributed by atoms with Crippen molar-refractivity contribution in [3.63, 3.8) is 0 Å². The number of carbonyl (C=O) groups is 1. The van der Waals surface area contributed by atoms with Gasteiger partial charge < -0.3 is 4.74 Å². The highest BCUT2D eigenvalue weighted by molar-refractivity contribution is 9.10. The van der Waals surface area contributed by atoms with Crippen molar-refractivity contribution in [1.82, 2.24) is 0 Å². The minimum Gasteiger partial charge on any atom is -0.457 e. The van der Waals surface area contributed by atoms with E-state index in [1.165, 1.54) is 6.92 Å². The van der Waals surface area contributed by atoms with E-state index in [1.807, 2.05) is 32.0 Å². The molecule has 2 nitrogen and oxygen atoms in total. The fourth-order valence-electron chi connectivity index (χ4n) is 1.96. The highest BCUT2D eigenvalue weighted by Crippen LogP contribution is 2.32. The number of hydrogen-bond donors (Lipinski definition) is 0. The number of hydrogen-bond acceptors (Lipinski definition) is 2. The summed E-state index contributed by atoms with van der Waals surface area (Å²) in [6.07, 6.45) is 0. The summed E-state index contributed by atoms with van der Waals surface area (Å²) in [4.78, 5) is 11.6. The Morgan fingerprint density at radius 3 is 2.30 bits per heavy atom. The molecule has 0 saturated heterocycles. The zero-order valence-corrected chi connectivity index (χ0v) is 13.8. The van der Waals surface area contributed by atoms with Gasteiger partial charge in [0.05, 0.1) is 5.56 Å². The second kappa shape index (κ2) is 5.98. The molecule has 0 unspecified atom stereocenters. The van der Waals surface area contributed by atoms with E-state index in [4.69, 9.17) is 16.3 Å². The van der Waals surface area contributed by atoms with Crippen molar-refractivity contribution in [2.75, 3.05) is 0 Å². The molecule has 0 aromatic heterocycles. The van der Waals surface area contributed by atoms with Gasteiger partial charge in [0.15, 0.2) is 5.78 Å². The van der Waals surface area contributed by atoms with Gasteiger partial charge in [-0.05, 0) is 62.2 Å². The van der Waals surface area contributed by atoms with Crippen LogP contribution in [0, 0.1) is 13.8 Å². The molecule has 0 radical (unpaired) electrons. The molecule has 4 heteroatoms. The monoisotopic (exact) mass is 352 g/mol. The first-order chi connectivity index (χ1) is 9.38. The van der Waals surface area contributed by atoms with Crippen LogP contribution in [0.4, 0.5) is 0 Å². The fourth-order valence-corrected chi connectivity index (χ4v) is 2.41. The van der Waals surface area contributed by atoms with Crippen LogP contribution in [0.15, 0.2) is 34.8 Å². The van der Waals surface area contributed by atoms with E-state index in [1.54, 1.807) is 12.1 Å². The number of ether oxygens (including phenoxy) is 1. The molecule has 0 aliphatic heterocycles. The fraction of sp³-hybridized carbons (Fsp3) is 0.188. The number of halogens is 2. The van der Waals surface area contributed by atoms with Crippen LogP contribution in [0.5, 0.6) is 11.5 Å². The molecule has 0 fully saturated rings. The molecule has 0 aliphatic carbocycles. The Kier molecular flexibility index (Phi) is 4.51. The van der Waals surface area contributed by atoms with Gasteiger partial charge in [-0.3, -0.25) is 4.79 Å². The van der Waals surface area contributed by atoms with Crippen LogP contribution in [0.25, 0.3) is 0 Å². The van der Waals surface area contributed by atoms with Gasteiger partial charge in [0.25, 0.3) is 0 Å². The Bertz CT molecular complexity index is 657. The first-order valence-electron chi connectivity index (χ1n) is 6.13. The first-order valence-corrected chi connectivity index (χ1v) is 7.30. The zero-order valence-electron chi connectivity index (χ0n) is 11.5. The van der Waals surface area contributed by atoms with Gasteiger partial charge in [-0.1, -0.05) is 27.5 Å². The lowest BCUT2D eigenvalue weighted by Crippen LogP contribution is -1.97. The minimum atomic E-state index is -0.0325. The molecule has 0 heterocycles. The van der Waals surface area contributed by atoms with Gasteiger partial charge in [-0.15, -0.1) is 0 Å². The lowest BCUT2D eigenvalue weighted by atomic mass is 10.1. The number of rotatable bonds is 3. The maximum atomic E-state index is 11.6. The van der Waals surface area contributed by atoms with Crippen LogP contribution in [-0.2, 0) is 0 Å². The van der Waals surface area contributed by atoms with Crippen molar-refractivity contribution in [3.05, 3.63) is 56.5 Å². The number of carbonyl (C=O) groups excluding carboxylic acids is 1. The van der Waals surface area contributed by atoms with Gasteiger partial charge >= 0.3 is 0 Å². The average Bonchev–Trinajstić information content (AvgIpc) is 2.35. The molecule has 104 valence electrons. The second-order valence-electron chi connectivity index (χ2n) is 4.67. The molecule has 20 heavy (non-hydrogen) atoms. The molecule has 0 spiro atoms. The van der Waals surface area contributed by atoms with E-state index in [0.717, 1.165) is 20.6 Å². The van der Waals surface area contributed by atoms with Crippen molar-refractivity contribution >= 4 is 33.3 Å². The summed E-state index contributed by atoms with van der Waals surface area (Å²) in [5.41, 5.74) is 2.44. The molecule has 0 amide bonds. The quantitative estimate of drug-likeness (QED) is 0.660. The van der Waals surface area contributed by atoms with Crippen molar-refractivity contribution in [2.24, 2.45) is 0 Å². The van der Waals surface area contributed by atoms with Crippen molar-refractivity contribution in [2.45, 2.75) is 20.8 Å². The van der Waals surface area contributed by atoms with E-state index < -0.39 is 0 Å². The molecule has 0 saturated carbocycles. The Morgan fingerprint density at radius 2 is 1.75 bits per heavy atom. The Labute approximate surface area is 131 Å². The first kappa shape index (κ1) is 15.1. The van der Waals surface area contributed by atoms with Gasteiger partial charge in [0.2, 0.25) is 0 Å². The van der Waals surface area contributed by atoms with E-state index in [-0.39, 0.29) is 5.78 Å². The molecular weight excluding hydrogens is 340 g/mol. The second-order valence-corrected chi connectivity index (χ2v) is 5.96. The summed E-state index contributed by atoms with van der Waals surface area (Å²) in [6.45, 7) is 5.37. The molecule has 0 bridgehead atoms. The Hall–Kier alpha value is -1.32. The maximum Gasteiger partial charge on any atom is 0.163 e. The van der Waals surface area contributed by atoms with E-state index in [0.29, 0.717) is 17.1 Å². The summed E-state index contributed by atoms with van der Waals surface area (Å²) in [5.74, 6) is 1.17. The third-order valence-electron chi connectivity index (χ3n) is 2.96. The molecule has 2 aromatic carbocycles. The van der Waals surface area contributed by atoms with Crippen LogP contribution in [0.1, 0.15) is 28.4 Å². The van der Waals surface area contributed by atoms with Crippen molar-refractivity contribution in [3.8, 4) is 11.5 Å². The van der Waals surface area contributed by atoms with Crippen molar-refractivity contribution in [1.29, 1.82) is 0 Å². The number of Topliss-reactive ketones (excluding diaryl/α,β-unsaturated/α-hetero) is 1. The molecular formula is C16H14BrClO2. The third kappa shape index (κ3) is 3.22. The smallest absolute Gasteiger partial charge is 0.163 e. The minimum absolute atomic E-state index is 0.0325. The summed E-state index contributed by atoms with van der Waals surface area (Å²) < 4.78 is 6.72. The summed E-state index contributed by atoms with van der Waals surface area (Å²) in [7, 11) is 0. The lowest BCUT2D eigenvalue weighted by Gasteiger charge is -2.12. The van der Waals surface area contributed by atoms with E-state index in [9.17, 15) is 4.79 Å². The number of benzene rings is 2. The highest BCUT2D eigenvalue weighted by Gasteiger charge is 2.11. The SMILES string of the molecule is CC(=O)c1ccc(Br)cc1Oc1cc(C)c(Cl)c(C)c1. The van der Waals surface area contributed by atoms with Gasteiger partial charge in [-0.2, -0.15) is 0 Å².